The van der Waals surface area contributed by atoms with Crippen molar-refractivity contribution in [2.75, 3.05) is 22.7 Å². The zero-order chi connectivity index (χ0) is 56.7. The Balaban J connectivity index is 0.00000147. The van der Waals surface area contributed by atoms with Gasteiger partial charge in [0.1, 0.15) is 33.3 Å². The molecule has 4 aromatic carbocycles. The van der Waals surface area contributed by atoms with E-state index in [0.29, 0.717) is 84.8 Å². The molecule has 22 nitrogen and oxygen atoms in total. The van der Waals surface area contributed by atoms with Crippen molar-refractivity contribution in [3.05, 3.63) is 117 Å². The summed E-state index contributed by atoms with van der Waals surface area (Å²) in [7, 11) is -12.6. The number of thiazole rings is 2. The van der Waals surface area contributed by atoms with E-state index in [9.17, 15) is 23.5 Å². The van der Waals surface area contributed by atoms with Crippen LogP contribution in [0.3, 0.4) is 0 Å². The molecule has 408 valence electrons. The Morgan fingerprint density at radius 1 is 0.716 bits per heavy atom. The topological polar surface area (TPSA) is 333 Å². The molecule has 0 saturated heterocycles. The Bertz CT molecular complexity index is 3860. The summed E-state index contributed by atoms with van der Waals surface area (Å²) in [5.41, 5.74) is 11.2. The van der Waals surface area contributed by atoms with Crippen LogP contribution in [-0.4, -0.2) is 76.2 Å². The first-order chi connectivity index (χ1) is 36.2. The van der Waals surface area contributed by atoms with Gasteiger partial charge in [0.25, 0.3) is 0 Å². The van der Waals surface area contributed by atoms with Crippen molar-refractivity contribution in [3.8, 4) is 11.2 Å². The first kappa shape index (κ1) is 73.2. The monoisotopic (exact) mass is 1190 g/mol. The molecule has 8 aromatic rings. The van der Waals surface area contributed by atoms with Gasteiger partial charge in [-0.15, -0.1) is 10.2 Å². The van der Waals surface area contributed by atoms with E-state index in [1.54, 1.807) is 31.2 Å². The number of rotatable bonds is 16. The molecule has 0 spiro atoms. The van der Waals surface area contributed by atoms with Gasteiger partial charge in [-0.2, -0.15) is 19.4 Å². The number of hydrogen-bond acceptors (Lipinski definition) is 24. The molecule has 0 fully saturated rings. The first-order valence-corrected chi connectivity index (χ1v) is 30.6. The summed E-state index contributed by atoms with van der Waals surface area (Å²) < 4.78 is 98.1. The summed E-state index contributed by atoms with van der Waals surface area (Å²) in [5.74, 6) is 1.06. The van der Waals surface area contributed by atoms with E-state index in [-0.39, 0.29) is 91.7 Å². The molecule has 1 N–H and O–H groups in total. The predicted molar refractivity (Wildman–Crippen MR) is 291 cm³/mol. The van der Waals surface area contributed by atoms with Gasteiger partial charge in [-0.1, -0.05) is 85.8 Å². The maximum atomic E-state index is 12.1. The average Bonchev–Trinajstić information content (AvgIpc) is 4.06. The zero-order valence-electron chi connectivity index (χ0n) is 47.1. The number of benzene rings is 4. The molecule has 8 rings (SSSR count). The van der Waals surface area contributed by atoms with Crippen molar-refractivity contribution >= 4 is 125 Å². The van der Waals surface area contributed by atoms with E-state index in [1.807, 2.05) is 17.9 Å². The molecule has 0 aliphatic heterocycles. The predicted octanol–water partition coefficient (Wildman–Crippen LogP) is -2.06. The van der Waals surface area contributed by atoms with Crippen LogP contribution >= 0.6 is 34.7 Å². The Kier molecular flexibility index (Phi) is 28.2. The maximum Gasteiger partial charge on any atom is 1.00 e. The standard InChI is InChI=1S/C47H46N10O6S4.2CH4O3S.4Li/c1-9-29-17-25(5)18-30(10-2)42(29)52-44-41(53-54-45-35(24-48)28(8)55-57(45)47-50-36-15-13-33(66-63-62-58)22-38(36)65-47)27(7)21-40(51-44)56(43-31(11-3)19-26(6)20-32(43)12-4)46-49-37-16-14-34(67(59,60)61)23-39(37)64-46;2*1-5(2,3)4;;;;/h13-23,58H,9-12H2,1-8H3,(H,51,52)(H,59,60,61);2*1H3,(H,2,3,4);;;;/q;;;4*+1/p-4. The summed E-state index contributed by atoms with van der Waals surface area (Å²) in [5, 5.41) is 43.4. The minimum atomic E-state index is -4.72. The fourth-order valence-electron chi connectivity index (χ4n) is 8.03. The molecular weight excluding hydrogens is 1140 g/mol. The van der Waals surface area contributed by atoms with Crippen LogP contribution in [0.2, 0.25) is 0 Å². The Morgan fingerprint density at radius 3 is 1.75 bits per heavy atom. The van der Waals surface area contributed by atoms with Crippen LogP contribution in [0, 0.1) is 39.0 Å². The van der Waals surface area contributed by atoms with Gasteiger partial charge in [0, 0.05) is 23.1 Å². The number of hydrogen-bond donors (Lipinski definition) is 1. The Morgan fingerprint density at radius 2 is 1.23 bits per heavy atom. The number of aryl methyl sites for hydroxylation is 8. The molecule has 32 heteroatoms. The summed E-state index contributed by atoms with van der Waals surface area (Å²) >= 11 is 3.33. The van der Waals surface area contributed by atoms with Crippen LogP contribution in [0.5, 0.6) is 0 Å². The van der Waals surface area contributed by atoms with Crippen molar-refractivity contribution < 1.29 is 129 Å². The van der Waals surface area contributed by atoms with Gasteiger partial charge >= 0.3 is 75.4 Å². The molecule has 0 radical (unpaired) electrons. The molecule has 4 aromatic heterocycles. The van der Waals surface area contributed by atoms with Crippen LogP contribution in [-0.2, 0) is 65.4 Å². The number of aromatic nitrogens is 5. The van der Waals surface area contributed by atoms with Crippen LogP contribution in [0.1, 0.15) is 77.9 Å². The quantitative estimate of drug-likeness (QED) is 0.0272. The SMILES string of the molecule is CCc1cc(C)cc(CC)c1Nc1nc(N(c2nc3ccc(S(=O)(=O)[O-])cc3s2)c2c(CC)cc(C)cc2CC)cc(C)c1N=Nc1c(C#N)c(C)nn1-c1nc2ccc(SOO[O-])cc2s1.CS(=O)(=O)[O-].CS(=O)(=O)[O-].[Li+].[Li+].[Li+].[Li+]. The Hall–Kier alpha value is -3.94. The molecule has 4 heterocycles. The molecule has 0 aliphatic rings. The summed E-state index contributed by atoms with van der Waals surface area (Å²) in [4.78, 5) is 17.5. The molecule has 81 heavy (non-hydrogen) atoms. The smallest absolute Gasteiger partial charge is 0.748 e. The third kappa shape index (κ3) is 19.3. The molecule has 0 bridgehead atoms. The van der Waals surface area contributed by atoms with Crippen LogP contribution < -0.4 is 90.9 Å². The van der Waals surface area contributed by atoms with E-state index < -0.39 is 30.4 Å². The second-order valence-corrected chi connectivity index (χ2v) is 24.1. The molecule has 0 aliphatic carbocycles. The fourth-order valence-corrected chi connectivity index (χ4v) is 11.0. The number of nitrogens with one attached hydrogen (secondary N) is 1. The molecule has 0 amide bonds. The number of nitriles is 1. The largest absolute Gasteiger partial charge is 1.00 e. The number of pyridine rings is 1. The summed E-state index contributed by atoms with van der Waals surface area (Å²) in [6.45, 7) is 16.2. The third-order valence-corrected chi connectivity index (χ3v) is 14.6. The van der Waals surface area contributed by atoms with E-state index in [2.05, 4.69) is 91.7 Å². The third-order valence-electron chi connectivity index (χ3n) is 11.2. The number of anilines is 5. The van der Waals surface area contributed by atoms with Gasteiger partial charge in [-0.05, 0) is 124 Å². The van der Waals surface area contributed by atoms with E-state index in [0.717, 1.165) is 74.3 Å². The average molecular weight is 1190 g/mol. The molecule has 0 unspecified atom stereocenters. The van der Waals surface area contributed by atoms with Gasteiger partial charge in [0.15, 0.2) is 16.8 Å². The number of fused-ring (bicyclic) bond motifs is 2. The Labute approximate surface area is 531 Å². The van der Waals surface area contributed by atoms with Crippen molar-refractivity contribution in [2.24, 2.45) is 10.2 Å². The van der Waals surface area contributed by atoms with Crippen LogP contribution in [0.25, 0.3) is 25.6 Å². The zero-order valence-corrected chi connectivity index (χ0v) is 52.0. The number of azo groups is 1. The first-order valence-electron chi connectivity index (χ1n) is 23.2. The van der Waals surface area contributed by atoms with Gasteiger partial charge < -0.3 is 24.2 Å². The van der Waals surface area contributed by atoms with Gasteiger partial charge in [-0.3, -0.25) is 9.94 Å². The second kappa shape index (κ2) is 31.3. The summed E-state index contributed by atoms with van der Waals surface area (Å²) in [6, 6.07) is 22.3. The normalized spacial score (nSPS) is 11.3. The molecule has 0 atom stereocenters. The molecule has 0 saturated carbocycles. The minimum Gasteiger partial charge on any atom is -0.748 e. The fraction of sp³-hybridized carbons (Fsp3) is 0.286. The van der Waals surface area contributed by atoms with E-state index in [4.69, 9.17) is 51.1 Å². The molecular formula is C49H50Li4N10O12S6. The van der Waals surface area contributed by atoms with E-state index in [1.165, 1.54) is 39.5 Å². The second-order valence-electron chi connectivity index (χ2n) is 17.1. The number of nitrogens with zero attached hydrogens (tertiary/aromatic N) is 9. The van der Waals surface area contributed by atoms with E-state index >= 15 is 0 Å². The maximum absolute atomic E-state index is 12.1. The van der Waals surface area contributed by atoms with Crippen molar-refractivity contribution in [3.63, 3.8) is 0 Å². The van der Waals surface area contributed by atoms with Gasteiger partial charge in [-0.25, -0.2) is 40.2 Å². The van der Waals surface area contributed by atoms with Crippen LogP contribution in [0.15, 0.2) is 86.7 Å². The minimum absolute atomic E-state index is 0. The van der Waals surface area contributed by atoms with Crippen molar-refractivity contribution in [1.82, 2.24) is 24.7 Å². The van der Waals surface area contributed by atoms with Crippen molar-refractivity contribution in [2.45, 2.75) is 90.9 Å². The summed E-state index contributed by atoms with van der Waals surface area (Å²) in [6.07, 6.45) is 4.06. The van der Waals surface area contributed by atoms with Crippen molar-refractivity contribution in [1.29, 1.82) is 5.26 Å². The van der Waals surface area contributed by atoms with Gasteiger partial charge in [0.05, 0.1) is 69.0 Å². The van der Waals surface area contributed by atoms with Gasteiger partial charge in [0.2, 0.25) is 5.13 Å². The van der Waals surface area contributed by atoms with Crippen LogP contribution in [0.4, 0.5) is 39.6 Å².